The number of nitrogens with zero attached hydrogens (tertiary/aromatic N) is 3. The maximum absolute atomic E-state index is 12.8. The summed E-state index contributed by atoms with van der Waals surface area (Å²) in [6.07, 6.45) is 0.0636. The average Bonchev–Trinajstić information content (AvgIpc) is 2.61. The first-order chi connectivity index (χ1) is 11.5. The molecule has 24 heavy (non-hydrogen) atoms. The van der Waals surface area contributed by atoms with Gasteiger partial charge in [-0.2, -0.15) is 5.26 Å². The predicted molar refractivity (Wildman–Crippen MR) is 88.4 cm³/mol. The summed E-state index contributed by atoms with van der Waals surface area (Å²) in [4.78, 5) is 30.0. The molecule has 0 unspecified atom stereocenters. The predicted octanol–water partition coefficient (Wildman–Crippen LogP) is 2.47. The minimum absolute atomic E-state index is 0.0636. The van der Waals surface area contributed by atoms with Gasteiger partial charge < -0.3 is 4.74 Å². The lowest BCUT2D eigenvalue weighted by Crippen LogP contribution is -2.34. The van der Waals surface area contributed by atoms with Crippen molar-refractivity contribution < 1.29 is 14.3 Å². The van der Waals surface area contributed by atoms with Crippen molar-refractivity contribution >= 4 is 17.7 Å². The zero-order chi connectivity index (χ0) is 17.5. The van der Waals surface area contributed by atoms with Crippen molar-refractivity contribution in [2.75, 3.05) is 18.6 Å². The second-order valence-electron chi connectivity index (χ2n) is 5.11. The summed E-state index contributed by atoms with van der Waals surface area (Å²) in [5, 5.41) is 8.85. The van der Waals surface area contributed by atoms with Crippen molar-refractivity contribution in [3.63, 3.8) is 0 Å². The quantitative estimate of drug-likeness (QED) is 0.789. The zero-order valence-corrected chi connectivity index (χ0v) is 13.5. The first kappa shape index (κ1) is 17.2. The van der Waals surface area contributed by atoms with Crippen LogP contribution in [0.15, 0.2) is 42.5 Å². The molecule has 2 aromatic rings. The van der Waals surface area contributed by atoms with Crippen LogP contribution in [0.3, 0.4) is 0 Å². The Morgan fingerprint density at radius 3 is 2.50 bits per heavy atom. The van der Waals surface area contributed by atoms with Gasteiger partial charge in [-0.3, -0.25) is 14.5 Å². The molecular formula is C18H17N3O3. The van der Waals surface area contributed by atoms with E-state index in [1.165, 1.54) is 12.0 Å². The Morgan fingerprint density at radius 2 is 1.92 bits per heavy atom. The number of hydrogen-bond acceptors (Lipinski definition) is 5. The summed E-state index contributed by atoms with van der Waals surface area (Å²) in [7, 11) is 1.31. The van der Waals surface area contributed by atoms with Gasteiger partial charge in [-0.05, 0) is 43.3 Å². The molecule has 1 heterocycles. The minimum atomic E-state index is -0.403. The fourth-order valence-electron chi connectivity index (χ4n) is 2.15. The second-order valence-corrected chi connectivity index (χ2v) is 5.11. The van der Waals surface area contributed by atoms with Crippen molar-refractivity contribution in [2.24, 2.45) is 0 Å². The van der Waals surface area contributed by atoms with Gasteiger partial charge in [-0.15, -0.1) is 0 Å². The molecular weight excluding hydrogens is 306 g/mol. The Kier molecular flexibility index (Phi) is 5.63. The number of benzene rings is 1. The number of ether oxygens (including phenoxy) is 1. The number of methoxy groups -OCH3 is 1. The molecule has 0 spiro atoms. The molecule has 0 atom stereocenters. The third-order valence-corrected chi connectivity index (χ3v) is 3.42. The molecule has 1 aromatic heterocycles. The van der Waals surface area contributed by atoms with E-state index in [9.17, 15) is 9.59 Å². The fourth-order valence-corrected chi connectivity index (χ4v) is 2.15. The highest BCUT2D eigenvalue weighted by molar-refractivity contribution is 6.05. The van der Waals surface area contributed by atoms with E-state index in [0.29, 0.717) is 16.9 Å². The van der Waals surface area contributed by atoms with Gasteiger partial charge in [0.1, 0.15) is 5.82 Å². The minimum Gasteiger partial charge on any atom is -0.469 e. The highest BCUT2D eigenvalue weighted by atomic mass is 16.5. The largest absolute Gasteiger partial charge is 0.469 e. The van der Waals surface area contributed by atoms with Crippen LogP contribution in [0.25, 0.3) is 0 Å². The third kappa shape index (κ3) is 4.17. The molecule has 0 aliphatic carbocycles. The summed E-state index contributed by atoms with van der Waals surface area (Å²) in [6.45, 7) is 1.98. The van der Waals surface area contributed by atoms with Gasteiger partial charge in [0, 0.05) is 17.8 Å². The highest BCUT2D eigenvalue weighted by Gasteiger charge is 2.20. The van der Waals surface area contributed by atoms with Crippen LogP contribution in [0.4, 0.5) is 5.82 Å². The molecule has 0 fully saturated rings. The maximum Gasteiger partial charge on any atom is 0.307 e. The number of hydrogen-bond donors (Lipinski definition) is 0. The van der Waals surface area contributed by atoms with E-state index < -0.39 is 5.97 Å². The smallest absolute Gasteiger partial charge is 0.307 e. The highest BCUT2D eigenvalue weighted by Crippen LogP contribution is 2.16. The number of aromatic nitrogens is 1. The van der Waals surface area contributed by atoms with Crippen molar-refractivity contribution in [3.8, 4) is 6.07 Å². The molecule has 1 aromatic carbocycles. The van der Waals surface area contributed by atoms with Crippen LogP contribution >= 0.6 is 0 Å². The summed E-state index contributed by atoms with van der Waals surface area (Å²) in [6, 6.07) is 13.7. The van der Waals surface area contributed by atoms with E-state index in [4.69, 9.17) is 5.26 Å². The summed E-state index contributed by atoms with van der Waals surface area (Å²) in [5.74, 6) is -0.227. The Hall–Kier alpha value is -3.20. The van der Waals surface area contributed by atoms with E-state index in [-0.39, 0.29) is 18.9 Å². The summed E-state index contributed by atoms with van der Waals surface area (Å²) >= 11 is 0. The Balaban J connectivity index is 2.31. The van der Waals surface area contributed by atoms with E-state index >= 15 is 0 Å². The number of nitriles is 1. The van der Waals surface area contributed by atoms with Gasteiger partial charge >= 0.3 is 5.97 Å². The lowest BCUT2D eigenvalue weighted by molar-refractivity contribution is -0.140. The third-order valence-electron chi connectivity index (χ3n) is 3.42. The zero-order valence-electron chi connectivity index (χ0n) is 13.5. The van der Waals surface area contributed by atoms with Crippen LogP contribution < -0.4 is 4.90 Å². The summed E-state index contributed by atoms with van der Waals surface area (Å²) in [5.41, 5.74) is 1.66. The van der Waals surface area contributed by atoms with Gasteiger partial charge in [-0.25, -0.2) is 4.98 Å². The lowest BCUT2D eigenvalue weighted by atomic mass is 10.1. The lowest BCUT2D eigenvalue weighted by Gasteiger charge is -2.21. The number of esters is 1. The topological polar surface area (TPSA) is 83.3 Å². The van der Waals surface area contributed by atoms with E-state index in [1.807, 2.05) is 19.1 Å². The fraction of sp³-hybridized carbons (Fsp3) is 0.222. The molecule has 1 amide bonds. The molecule has 0 bridgehead atoms. The SMILES string of the molecule is COC(=O)CCN(C(=O)c1ccc(C#N)cc1)c1cccc(C)n1. The summed E-state index contributed by atoms with van der Waals surface area (Å²) < 4.78 is 4.64. The molecule has 6 nitrogen and oxygen atoms in total. The second kappa shape index (κ2) is 7.88. The standard InChI is InChI=1S/C18H17N3O3/c1-13-4-3-5-16(20-13)21(11-10-17(22)24-2)18(23)15-8-6-14(12-19)7-9-15/h3-9H,10-11H2,1-2H3. The van der Waals surface area contributed by atoms with E-state index in [1.54, 1.807) is 36.4 Å². The molecule has 0 saturated heterocycles. The molecule has 0 radical (unpaired) electrons. The van der Waals surface area contributed by atoms with Crippen LogP contribution in [-0.4, -0.2) is 30.5 Å². The number of amides is 1. The number of carbonyl (C=O) groups is 2. The van der Waals surface area contributed by atoms with Gasteiger partial charge in [0.25, 0.3) is 5.91 Å². The monoisotopic (exact) mass is 323 g/mol. The molecule has 0 N–H and O–H groups in total. The molecule has 122 valence electrons. The Bertz CT molecular complexity index is 779. The number of rotatable bonds is 5. The number of pyridine rings is 1. The first-order valence-electron chi connectivity index (χ1n) is 7.37. The molecule has 0 aliphatic heterocycles. The molecule has 0 aliphatic rings. The van der Waals surface area contributed by atoms with Crippen molar-refractivity contribution in [1.82, 2.24) is 4.98 Å². The van der Waals surface area contributed by atoms with Crippen molar-refractivity contribution in [1.29, 1.82) is 5.26 Å². The number of carbonyl (C=O) groups excluding carboxylic acids is 2. The Morgan fingerprint density at radius 1 is 1.21 bits per heavy atom. The van der Waals surface area contributed by atoms with Crippen LogP contribution in [0.5, 0.6) is 0 Å². The van der Waals surface area contributed by atoms with Crippen molar-refractivity contribution in [3.05, 3.63) is 59.3 Å². The molecule has 6 heteroatoms. The van der Waals surface area contributed by atoms with Crippen LogP contribution in [-0.2, 0) is 9.53 Å². The van der Waals surface area contributed by atoms with Gasteiger partial charge in [0.05, 0.1) is 25.2 Å². The first-order valence-corrected chi connectivity index (χ1v) is 7.37. The molecule has 0 saturated carbocycles. The van der Waals surface area contributed by atoms with Gasteiger partial charge in [0.15, 0.2) is 0 Å². The average molecular weight is 323 g/mol. The van der Waals surface area contributed by atoms with E-state index in [2.05, 4.69) is 9.72 Å². The number of anilines is 1. The van der Waals surface area contributed by atoms with Crippen LogP contribution in [0, 0.1) is 18.3 Å². The Labute approximate surface area is 140 Å². The van der Waals surface area contributed by atoms with E-state index in [0.717, 1.165) is 5.69 Å². The van der Waals surface area contributed by atoms with Crippen molar-refractivity contribution in [2.45, 2.75) is 13.3 Å². The number of aryl methyl sites for hydroxylation is 1. The van der Waals surface area contributed by atoms with Crippen LogP contribution in [0.1, 0.15) is 28.0 Å². The van der Waals surface area contributed by atoms with Gasteiger partial charge in [-0.1, -0.05) is 6.07 Å². The van der Waals surface area contributed by atoms with Crippen LogP contribution in [0.2, 0.25) is 0 Å². The maximum atomic E-state index is 12.8. The molecule has 2 rings (SSSR count). The van der Waals surface area contributed by atoms with Gasteiger partial charge in [0.2, 0.25) is 0 Å². The normalized spacial score (nSPS) is 9.88.